The van der Waals surface area contributed by atoms with Crippen molar-refractivity contribution in [2.24, 2.45) is 5.73 Å². The van der Waals surface area contributed by atoms with Crippen LogP contribution in [0.15, 0.2) is 89.8 Å². The Balaban J connectivity index is 2.03. The van der Waals surface area contributed by atoms with Crippen LogP contribution in [0.25, 0.3) is 0 Å². The maximum atomic E-state index is 13.6. The van der Waals surface area contributed by atoms with E-state index in [0.717, 1.165) is 0 Å². The van der Waals surface area contributed by atoms with Crippen LogP contribution >= 0.6 is 0 Å². The Morgan fingerprint density at radius 2 is 1.53 bits per heavy atom. The smallest absolute Gasteiger partial charge is 0.329 e. The number of sulfonamides is 1. The molecule has 0 fully saturated rings. The minimum Gasteiger partial charge on any atom is -0.351 e. The zero-order valence-electron chi connectivity index (χ0n) is 17.3. The molecule has 9 heteroatoms. The van der Waals surface area contributed by atoms with Gasteiger partial charge in [-0.15, -0.1) is 0 Å². The van der Waals surface area contributed by atoms with Crippen molar-refractivity contribution in [3.05, 3.63) is 96.3 Å². The first-order valence-electron chi connectivity index (χ1n) is 9.68. The summed E-state index contributed by atoms with van der Waals surface area (Å²) < 4.78 is 40.7. The Morgan fingerprint density at radius 1 is 0.938 bits per heavy atom. The Kier molecular flexibility index (Phi) is 6.89. The molecule has 0 unspecified atom stereocenters. The Hall–Kier alpha value is -3.72. The zero-order valence-corrected chi connectivity index (χ0v) is 18.1. The Labute approximate surface area is 185 Å². The van der Waals surface area contributed by atoms with Crippen molar-refractivity contribution in [2.75, 3.05) is 11.9 Å². The second-order valence-corrected chi connectivity index (χ2v) is 8.83. The van der Waals surface area contributed by atoms with E-state index in [0.29, 0.717) is 15.6 Å². The van der Waals surface area contributed by atoms with Crippen LogP contribution in [0.2, 0.25) is 0 Å². The molecule has 0 aliphatic heterocycles. The third kappa shape index (κ3) is 4.94. The molecule has 7 nitrogen and oxygen atoms in total. The van der Waals surface area contributed by atoms with E-state index in [2.05, 4.69) is 0 Å². The molecular formula is C23H22FN3O4S. The van der Waals surface area contributed by atoms with Crippen LogP contribution in [0.1, 0.15) is 18.0 Å². The molecule has 0 aliphatic carbocycles. The summed E-state index contributed by atoms with van der Waals surface area (Å²) in [6, 6.07) is 18.6. The first-order chi connectivity index (χ1) is 15.2. The summed E-state index contributed by atoms with van der Waals surface area (Å²) >= 11 is 0. The van der Waals surface area contributed by atoms with Gasteiger partial charge in [-0.1, -0.05) is 54.6 Å². The number of urea groups is 1. The van der Waals surface area contributed by atoms with Crippen LogP contribution in [0.5, 0.6) is 0 Å². The topological polar surface area (TPSA) is 101 Å². The normalized spacial score (nSPS) is 12.1. The third-order valence-electron chi connectivity index (χ3n) is 4.92. The van der Waals surface area contributed by atoms with Gasteiger partial charge in [-0.2, -0.15) is 0 Å². The lowest BCUT2D eigenvalue weighted by molar-refractivity contribution is -0.119. The van der Waals surface area contributed by atoms with E-state index in [1.807, 2.05) is 0 Å². The van der Waals surface area contributed by atoms with Crippen molar-refractivity contribution in [2.45, 2.75) is 17.4 Å². The maximum Gasteiger partial charge on any atom is 0.329 e. The largest absolute Gasteiger partial charge is 0.351 e. The molecule has 0 aliphatic rings. The highest BCUT2D eigenvalue weighted by Crippen LogP contribution is 2.31. The van der Waals surface area contributed by atoms with Crippen LogP contribution in [-0.4, -0.2) is 31.7 Å². The highest BCUT2D eigenvalue weighted by atomic mass is 32.2. The molecule has 0 radical (unpaired) electrons. The molecule has 3 rings (SSSR count). The van der Waals surface area contributed by atoms with Crippen LogP contribution in [0, 0.1) is 5.82 Å². The van der Waals surface area contributed by atoms with Crippen LogP contribution < -0.4 is 10.6 Å². The summed E-state index contributed by atoms with van der Waals surface area (Å²) in [5.41, 5.74) is 6.21. The zero-order chi connectivity index (χ0) is 23.3. The van der Waals surface area contributed by atoms with E-state index in [-0.39, 0.29) is 4.90 Å². The molecule has 0 saturated carbocycles. The first-order valence-corrected chi connectivity index (χ1v) is 11.1. The minimum absolute atomic E-state index is 0.134. The average molecular weight is 456 g/mol. The van der Waals surface area contributed by atoms with Gasteiger partial charge in [0.2, 0.25) is 5.91 Å². The van der Waals surface area contributed by atoms with Gasteiger partial charge in [0.25, 0.3) is 10.0 Å². The second-order valence-electron chi connectivity index (χ2n) is 7.02. The quantitative estimate of drug-likeness (QED) is 0.587. The lowest BCUT2D eigenvalue weighted by Crippen LogP contribution is -2.45. The number of hydrogen-bond donors (Lipinski definition) is 1. The van der Waals surface area contributed by atoms with Crippen molar-refractivity contribution in [1.29, 1.82) is 0 Å². The summed E-state index contributed by atoms with van der Waals surface area (Å²) in [4.78, 5) is 26.5. The maximum absolute atomic E-state index is 13.6. The SMILES string of the molecule is CN(C(=O)C[C@@H](c1ccccc1)N(C(N)=O)S(=O)(=O)c1ccccc1)c1cccc(F)c1. The molecule has 2 N–H and O–H groups in total. The number of rotatable bonds is 7. The van der Waals surface area contributed by atoms with Gasteiger partial charge >= 0.3 is 6.03 Å². The molecule has 166 valence electrons. The van der Waals surface area contributed by atoms with Gasteiger partial charge in [-0.05, 0) is 35.9 Å². The van der Waals surface area contributed by atoms with E-state index < -0.39 is 40.2 Å². The first kappa shape index (κ1) is 23.0. The lowest BCUT2D eigenvalue weighted by atomic mass is 10.0. The summed E-state index contributed by atoms with van der Waals surface area (Å²) in [5.74, 6) is -1.05. The van der Waals surface area contributed by atoms with Crippen molar-refractivity contribution in [3.8, 4) is 0 Å². The van der Waals surface area contributed by atoms with Gasteiger partial charge in [-0.25, -0.2) is 21.9 Å². The predicted octanol–water partition coefficient (Wildman–Crippen LogP) is 3.69. The number of nitrogens with zero attached hydrogens (tertiary/aromatic N) is 2. The van der Waals surface area contributed by atoms with Gasteiger partial charge in [0.15, 0.2) is 0 Å². The van der Waals surface area contributed by atoms with Crippen LogP contribution in [-0.2, 0) is 14.8 Å². The van der Waals surface area contributed by atoms with Gasteiger partial charge in [-0.3, -0.25) is 4.79 Å². The third-order valence-corrected chi connectivity index (χ3v) is 6.74. The summed E-state index contributed by atoms with van der Waals surface area (Å²) in [5, 5.41) is 0. The van der Waals surface area contributed by atoms with Crippen molar-refractivity contribution in [3.63, 3.8) is 0 Å². The van der Waals surface area contributed by atoms with E-state index in [4.69, 9.17) is 5.73 Å². The highest BCUT2D eigenvalue weighted by molar-refractivity contribution is 7.89. The number of nitrogens with two attached hydrogens (primary N) is 1. The Morgan fingerprint density at radius 3 is 2.09 bits per heavy atom. The highest BCUT2D eigenvalue weighted by Gasteiger charge is 2.37. The number of halogens is 1. The summed E-state index contributed by atoms with van der Waals surface area (Å²) in [6.45, 7) is 0. The Bertz CT molecular complexity index is 1200. The molecule has 3 aromatic rings. The summed E-state index contributed by atoms with van der Waals surface area (Å²) in [7, 11) is -2.92. The molecule has 3 aromatic carbocycles. The fourth-order valence-electron chi connectivity index (χ4n) is 3.29. The molecule has 0 aromatic heterocycles. The number of amides is 3. The molecule has 3 amide bonds. The number of carbonyl (C=O) groups excluding carboxylic acids is 2. The van der Waals surface area contributed by atoms with E-state index in [9.17, 15) is 22.4 Å². The number of hydrogen-bond acceptors (Lipinski definition) is 4. The standard InChI is InChI=1S/C23H22FN3O4S/c1-26(19-12-8-11-18(24)15-19)22(28)16-21(17-9-4-2-5-10-17)27(23(25)29)32(30,31)20-13-6-3-7-14-20/h2-15,21H,16H2,1H3,(H2,25,29)/t21-/m0/s1. The van der Waals surface area contributed by atoms with Gasteiger partial charge in [0.1, 0.15) is 5.82 Å². The molecule has 0 heterocycles. The van der Waals surface area contributed by atoms with E-state index >= 15 is 0 Å². The monoisotopic (exact) mass is 455 g/mol. The fraction of sp³-hybridized carbons (Fsp3) is 0.130. The van der Waals surface area contributed by atoms with E-state index in [1.54, 1.807) is 42.5 Å². The van der Waals surface area contributed by atoms with Gasteiger partial charge in [0.05, 0.1) is 17.4 Å². The molecule has 32 heavy (non-hydrogen) atoms. The second kappa shape index (κ2) is 9.61. The van der Waals surface area contributed by atoms with Gasteiger partial charge in [0, 0.05) is 12.7 Å². The van der Waals surface area contributed by atoms with Gasteiger partial charge < -0.3 is 10.6 Å². The lowest BCUT2D eigenvalue weighted by Gasteiger charge is -2.31. The number of anilines is 1. The van der Waals surface area contributed by atoms with E-state index in [1.165, 1.54) is 54.4 Å². The van der Waals surface area contributed by atoms with Crippen molar-refractivity contribution >= 4 is 27.6 Å². The van der Waals surface area contributed by atoms with Crippen molar-refractivity contribution < 1.29 is 22.4 Å². The molecule has 0 spiro atoms. The number of primary amides is 1. The molecule has 1 atom stereocenters. The molecule has 0 saturated heterocycles. The molecule has 0 bridgehead atoms. The number of carbonyl (C=O) groups is 2. The van der Waals surface area contributed by atoms with Crippen molar-refractivity contribution in [1.82, 2.24) is 4.31 Å². The van der Waals surface area contributed by atoms with Crippen LogP contribution in [0.4, 0.5) is 14.9 Å². The number of benzene rings is 3. The predicted molar refractivity (Wildman–Crippen MR) is 119 cm³/mol. The summed E-state index contributed by atoms with van der Waals surface area (Å²) in [6.07, 6.45) is -0.397. The fourth-order valence-corrected chi connectivity index (χ4v) is 4.78. The minimum atomic E-state index is -4.36. The average Bonchev–Trinajstić information content (AvgIpc) is 2.78. The van der Waals surface area contributed by atoms with Crippen LogP contribution in [0.3, 0.4) is 0 Å². The molecular weight excluding hydrogens is 433 g/mol.